The normalized spacial score (nSPS) is 11.4. The maximum atomic E-state index is 4.89. The summed E-state index contributed by atoms with van der Waals surface area (Å²) in [4.78, 5) is 9.06. The number of nitrogens with one attached hydrogen (secondary N) is 1. The molecule has 6 heteroatoms. The van der Waals surface area contributed by atoms with Crippen molar-refractivity contribution in [1.82, 2.24) is 19.6 Å². The van der Waals surface area contributed by atoms with Gasteiger partial charge in [-0.05, 0) is 40.4 Å². The van der Waals surface area contributed by atoms with Crippen molar-refractivity contribution in [2.45, 2.75) is 52.0 Å². The van der Waals surface area contributed by atoms with Crippen molar-refractivity contribution in [1.29, 1.82) is 0 Å². The lowest BCUT2D eigenvalue weighted by Gasteiger charge is -2.17. The van der Waals surface area contributed by atoms with Crippen LogP contribution in [-0.2, 0) is 6.54 Å². The molecule has 5 nitrogen and oxygen atoms in total. The second-order valence-corrected chi connectivity index (χ2v) is 7.14. The van der Waals surface area contributed by atoms with Crippen LogP contribution in [0.5, 0.6) is 0 Å². The number of rotatable bonds is 8. The van der Waals surface area contributed by atoms with Crippen LogP contribution in [0.3, 0.4) is 0 Å². The van der Waals surface area contributed by atoms with Crippen LogP contribution in [-0.4, -0.2) is 19.6 Å². The van der Waals surface area contributed by atoms with Crippen LogP contribution in [0.1, 0.15) is 56.7 Å². The lowest BCUT2D eigenvalue weighted by Crippen LogP contribution is -2.10. The molecule has 0 saturated carbocycles. The lowest BCUT2D eigenvalue weighted by molar-refractivity contribution is 0.548. The molecule has 0 atom stereocenters. The fraction of sp³-hybridized carbons (Fsp3) is 0.421. The molecule has 3 aromatic heterocycles. The molecule has 0 aliphatic heterocycles. The highest BCUT2D eigenvalue weighted by atomic mass is 79.9. The van der Waals surface area contributed by atoms with E-state index < -0.39 is 0 Å². The van der Waals surface area contributed by atoms with Gasteiger partial charge in [-0.25, -0.2) is 4.98 Å². The summed E-state index contributed by atoms with van der Waals surface area (Å²) in [6.45, 7) is 5.17. The van der Waals surface area contributed by atoms with Gasteiger partial charge in [0.1, 0.15) is 5.82 Å². The second-order valence-electron chi connectivity index (χ2n) is 6.28. The van der Waals surface area contributed by atoms with Gasteiger partial charge in [0.05, 0.1) is 10.7 Å². The highest BCUT2D eigenvalue weighted by Gasteiger charge is 2.16. The Bertz CT molecular complexity index is 809. The van der Waals surface area contributed by atoms with E-state index in [1.807, 2.05) is 16.8 Å². The van der Waals surface area contributed by atoms with Gasteiger partial charge < -0.3 is 5.32 Å². The molecule has 132 valence electrons. The zero-order chi connectivity index (χ0) is 17.6. The number of nitrogens with zero attached hydrogens (tertiary/aromatic N) is 4. The third kappa shape index (κ3) is 4.18. The van der Waals surface area contributed by atoms with Gasteiger partial charge in [0, 0.05) is 36.6 Å². The Balaban J connectivity index is 1.95. The topological polar surface area (TPSA) is 55.1 Å². The van der Waals surface area contributed by atoms with Crippen molar-refractivity contribution in [3.05, 3.63) is 52.5 Å². The minimum absolute atomic E-state index is 0.487. The fourth-order valence-corrected chi connectivity index (χ4v) is 3.47. The molecule has 25 heavy (non-hydrogen) atoms. The zero-order valence-corrected chi connectivity index (χ0v) is 16.3. The first kappa shape index (κ1) is 17.9. The average molecular weight is 402 g/mol. The van der Waals surface area contributed by atoms with E-state index in [2.05, 4.69) is 57.3 Å². The highest BCUT2D eigenvalue weighted by molar-refractivity contribution is 9.10. The summed E-state index contributed by atoms with van der Waals surface area (Å²) in [7, 11) is 0. The highest BCUT2D eigenvalue weighted by Crippen LogP contribution is 2.29. The van der Waals surface area contributed by atoms with Crippen molar-refractivity contribution in [3.8, 4) is 0 Å². The van der Waals surface area contributed by atoms with Gasteiger partial charge >= 0.3 is 0 Å². The van der Waals surface area contributed by atoms with Crippen molar-refractivity contribution in [2.24, 2.45) is 0 Å². The maximum absolute atomic E-state index is 4.89. The zero-order valence-electron chi connectivity index (χ0n) is 14.7. The third-order valence-electron chi connectivity index (χ3n) is 4.34. The molecule has 0 saturated heterocycles. The first-order valence-corrected chi connectivity index (χ1v) is 9.69. The number of hydrogen-bond donors (Lipinski definition) is 1. The van der Waals surface area contributed by atoms with E-state index in [9.17, 15) is 0 Å². The van der Waals surface area contributed by atoms with Gasteiger partial charge in [0.2, 0.25) is 0 Å². The van der Waals surface area contributed by atoms with Gasteiger partial charge in [-0.3, -0.25) is 4.98 Å². The molecule has 3 aromatic rings. The number of anilines is 1. The summed E-state index contributed by atoms with van der Waals surface area (Å²) >= 11 is 3.57. The fourth-order valence-electron chi connectivity index (χ4n) is 3.12. The van der Waals surface area contributed by atoms with E-state index in [1.165, 1.54) is 0 Å². The summed E-state index contributed by atoms with van der Waals surface area (Å²) < 4.78 is 2.78. The molecule has 0 unspecified atom stereocenters. The van der Waals surface area contributed by atoms with Gasteiger partial charge in [0.25, 0.3) is 0 Å². The number of halogens is 1. The van der Waals surface area contributed by atoms with E-state index in [1.54, 1.807) is 12.4 Å². The van der Waals surface area contributed by atoms with Gasteiger partial charge in [0.15, 0.2) is 5.65 Å². The molecule has 0 amide bonds. The Labute approximate surface area is 157 Å². The Morgan fingerprint density at radius 3 is 2.68 bits per heavy atom. The van der Waals surface area contributed by atoms with Crippen LogP contribution >= 0.6 is 15.9 Å². The minimum Gasteiger partial charge on any atom is -0.366 e. The molecule has 0 aliphatic rings. The van der Waals surface area contributed by atoms with Gasteiger partial charge in [-0.2, -0.15) is 9.61 Å². The van der Waals surface area contributed by atoms with Gasteiger partial charge in [-0.15, -0.1) is 0 Å². The molecule has 0 aromatic carbocycles. The Morgan fingerprint density at radius 1 is 1.20 bits per heavy atom. The molecule has 0 radical (unpaired) electrons. The van der Waals surface area contributed by atoms with Crippen molar-refractivity contribution in [3.63, 3.8) is 0 Å². The molecule has 0 aliphatic carbocycles. The SMILES string of the molecule is CCCC(CCC)c1cc(NCc2cccnc2)n2ncc(Br)c2n1. The van der Waals surface area contributed by atoms with Crippen LogP contribution in [0.2, 0.25) is 0 Å². The summed E-state index contributed by atoms with van der Waals surface area (Å²) in [6.07, 6.45) is 10.1. The van der Waals surface area contributed by atoms with E-state index >= 15 is 0 Å². The Kier molecular flexibility index (Phi) is 6.02. The first-order valence-electron chi connectivity index (χ1n) is 8.89. The van der Waals surface area contributed by atoms with Crippen molar-refractivity contribution in [2.75, 3.05) is 5.32 Å². The minimum atomic E-state index is 0.487. The number of aromatic nitrogens is 4. The summed E-state index contributed by atoms with van der Waals surface area (Å²) in [5.74, 6) is 1.45. The van der Waals surface area contributed by atoms with E-state index in [4.69, 9.17) is 4.98 Å². The molecule has 0 bridgehead atoms. The number of pyridine rings is 1. The second kappa shape index (κ2) is 8.43. The van der Waals surface area contributed by atoms with Crippen LogP contribution < -0.4 is 5.32 Å². The van der Waals surface area contributed by atoms with Crippen molar-refractivity contribution >= 4 is 27.4 Å². The third-order valence-corrected chi connectivity index (χ3v) is 4.90. The average Bonchev–Trinajstić information content (AvgIpc) is 3.01. The number of hydrogen-bond acceptors (Lipinski definition) is 4. The molecular weight excluding hydrogens is 378 g/mol. The van der Waals surface area contributed by atoms with Crippen LogP contribution in [0.15, 0.2) is 41.3 Å². The summed E-state index contributed by atoms with van der Waals surface area (Å²) in [5, 5.41) is 7.95. The summed E-state index contributed by atoms with van der Waals surface area (Å²) in [6, 6.07) is 6.17. The predicted octanol–water partition coefficient (Wildman–Crippen LogP) is 5.18. The summed E-state index contributed by atoms with van der Waals surface area (Å²) in [5.41, 5.74) is 3.15. The van der Waals surface area contributed by atoms with Crippen molar-refractivity contribution < 1.29 is 0 Å². The molecule has 3 heterocycles. The molecule has 0 fully saturated rings. The maximum Gasteiger partial charge on any atom is 0.171 e. The van der Waals surface area contributed by atoms with Crippen LogP contribution in [0.25, 0.3) is 5.65 Å². The smallest absolute Gasteiger partial charge is 0.171 e. The molecule has 3 rings (SSSR count). The standard InChI is InChI=1S/C19H24BrN5/c1-3-6-15(7-4-2)17-10-18(22-12-14-8-5-9-21-11-14)25-19(24-17)16(20)13-23-25/h5,8-11,13,15,22H,3-4,6-7,12H2,1-2H3. The van der Waals surface area contributed by atoms with Crippen LogP contribution in [0.4, 0.5) is 5.82 Å². The molecule has 0 spiro atoms. The Morgan fingerprint density at radius 2 is 2.00 bits per heavy atom. The monoisotopic (exact) mass is 401 g/mol. The predicted molar refractivity (Wildman–Crippen MR) is 105 cm³/mol. The number of fused-ring (bicyclic) bond motifs is 1. The van der Waals surface area contributed by atoms with E-state index in [0.717, 1.165) is 52.9 Å². The molecular formula is C19H24BrN5. The van der Waals surface area contributed by atoms with Gasteiger partial charge in [-0.1, -0.05) is 32.8 Å². The van der Waals surface area contributed by atoms with E-state index in [0.29, 0.717) is 12.5 Å². The van der Waals surface area contributed by atoms with Crippen LogP contribution in [0, 0.1) is 0 Å². The lowest BCUT2D eigenvalue weighted by atomic mass is 9.94. The largest absolute Gasteiger partial charge is 0.366 e. The van der Waals surface area contributed by atoms with E-state index in [-0.39, 0.29) is 0 Å². The molecule has 1 N–H and O–H groups in total. The Hall–Kier alpha value is -1.95. The quantitative estimate of drug-likeness (QED) is 0.564. The first-order chi connectivity index (χ1) is 12.2.